The van der Waals surface area contributed by atoms with Crippen molar-refractivity contribution >= 4 is 18.7 Å². The molecule has 0 aliphatic rings. The third-order valence-corrected chi connectivity index (χ3v) is 10.2. The van der Waals surface area contributed by atoms with Crippen LogP contribution in [0.25, 0.3) is 0 Å². The average molecular weight is 384 g/mol. The zero-order chi connectivity index (χ0) is 19.9. The first-order valence-corrected chi connectivity index (χ1v) is 11.5. The first kappa shape index (κ1) is 21.6. The fourth-order valence-corrected chi connectivity index (χ4v) is 8.49. The average Bonchev–Trinajstić information content (AvgIpc) is 2.68. The van der Waals surface area contributed by atoms with Crippen LogP contribution in [0, 0.1) is 5.92 Å². The van der Waals surface area contributed by atoms with Crippen molar-refractivity contribution in [1.29, 1.82) is 0 Å². The van der Waals surface area contributed by atoms with Crippen LogP contribution in [0.1, 0.15) is 20.8 Å². The smallest absolute Gasteiger partial charge is 0.261 e. The minimum absolute atomic E-state index is 0.0471. The number of rotatable bonds is 9. The summed E-state index contributed by atoms with van der Waals surface area (Å²) in [5.74, 6) is -0.0471. The quantitative estimate of drug-likeness (QED) is 0.517. The normalized spacial score (nSPS) is 14.6. The van der Waals surface area contributed by atoms with E-state index in [0.29, 0.717) is 6.54 Å². The minimum atomic E-state index is -2.65. The van der Waals surface area contributed by atoms with E-state index in [9.17, 15) is 5.11 Å². The Kier molecular flexibility index (Phi) is 7.56. The molecule has 0 heterocycles. The lowest BCUT2D eigenvalue weighted by Gasteiger charge is -2.45. The lowest BCUT2D eigenvalue weighted by Crippen LogP contribution is -2.68. The van der Waals surface area contributed by atoms with Gasteiger partial charge in [0.05, 0.1) is 6.10 Å². The monoisotopic (exact) mass is 383 g/mol. The maximum absolute atomic E-state index is 9.95. The molecule has 2 aromatic carbocycles. The van der Waals surface area contributed by atoms with Gasteiger partial charge in [-0.3, -0.25) is 0 Å². The molecule has 2 atom stereocenters. The molecule has 2 rings (SSSR count). The predicted molar refractivity (Wildman–Crippen MR) is 117 cm³/mol. The van der Waals surface area contributed by atoms with Crippen molar-refractivity contribution < 1.29 is 9.53 Å². The fraction of sp³-hybridized carbons (Fsp3) is 0.391. The van der Waals surface area contributed by atoms with E-state index >= 15 is 0 Å². The van der Waals surface area contributed by atoms with Gasteiger partial charge in [-0.15, -0.1) is 6.58 Å². The van der Waals surface area contributed by atoms with Crippen molar-refractivity contribution in [2.75, 3.05) is 20.2 Å². The molecule has 0 spiro atoms. The second kappa shape index (κ2) is 9.47. The van der Waals surface area contributed by atoms with Gasteiger partial charge in [-0.2, -0.15) is 0 Å². The molecule has 0 bridgehead atoms. The number of benzene rings is 2. The SMILES string of the molecule is C=C[C@@H](O[Si](c1ccccc1)(c1ccccc1)C(C)(C)C)[C@H](CO)CNC. The molecule has 0 fully saturated rings. The third kappa shape index (κ3) is 4.58. The highest BCUT2D eigenvalue weighted by Gasteiger charge is 2.51. The van der Waals surface area contributed by atoms with Gasteiger partial charge in [-0.1, -0.05) is 87.5 Å². The lowest BCUT2D eigenvalue weighted by atomic mass is 10.0. The van der Waals surface area contributed by atoms with Crippen LogP contribution in [-0.2, 0) is 4.43 Å². The summed E-state index contributed by atoms with van der Waals surface area (Å²) in [6, 6.07) is 21.1. The largest absolute Gasteiger partial charge is 0.401 e. The van der Waals surface area contributed by atoms with E-state index in [0.717, 1.165) is 0 Å². The Morgan fingerprint density at radius 3 is 1.85 bits per heavy atom. The van der Waals surface area contributed by atoms with Crippen molar-refractivity contribution in [2.45, 2.75) is 31.9 Å². The standard InChI is InChI=1S/C23H33NO2Si/c1-6-22(19(18-25)17-24-5)26-27(23(2,3)4,20-13-9-7-10-14-20)21-15-11-8-12-16-21/h6-16,19,22,24-25H,1,17-18H2,2-5H3/t19-,22+/m0/s1. The van der Waals surface area contributed by atoms with Gasteiger partial charge in [-0.05, 0) is 22.5 Å². The summed E-state index contributed by atoms with van der Waals surface area (Å²) >= 11 is 0. The molecular formula is C23H33NO2Si. The van der Waals surface area contributed by atoms with Gasteiger partial charge in [0.2, 0.25) is 0 Å². The van der Waals surface area contributed by atoms with Crippen molar-refractivity contribution in [3.8, 4) is 0 Å². The van der Waals surface area contributed by atoms with Crippen molar-refractivity contribution in [1.82, 2.24) is 5.32 Å². The molecule has 2 N–H and O–H groups in total. The van der Waals surface area contributed by atoms with E-state index < -0.39 is 8.32 Å². The first-order valence-electron chi connectivity index (χ1n) is 9.57. The highest BCUT2D eigenvalue weighted by Crippen LogP contribution is 2.38. The second-order valence-corrected chi connectivity index (χ2v) is 12.2. The minimum Gasteiger partial charge on any atom is -0.401 e. The third-order valence-electron chi connectivity index (χ3n) is 5.13. The summed E-state index contributed by atoms with van der Waals surface area (Å²) in [5, 5.41) is 15.5. The maximum Gasteiger partial charge on any atom is 0.261 e. The van der Waals surface area contributed by atoms with Gasteiger partial charge in [0.25, 0.3) is 8.32 Å². The van der Waals surface area contributed by atoms with Gasteiger partial charge in [0.1, 0.15) is 0 Å². The highest BCUT2D eigenvalue weighted by molar-refractivity contribution is 6.99. The molecule has 4 heteroatoms. The number of aliphatic hydroxyl groups excluding tert-OH is 1. The predicted octanol–water partition coefficient (Wildman–Crippen LogP) is 2.95. The molecule has 0 amide bonds. The molecule has 27 heavy (non-hydrogen) atoms. The van der Waals surface area contributed by atoms with Crippen LogP contribution >= 0.6 is 0 Å². The van der Waals surface area contributed by atoms with Crippen LogP contribution in [-0.4, -0.2) is 39.7 Å². The maximum atomic E-state index is 9.95. The molecule has 0 saturated carbocycles. The molecule has 2 aromatic rings. The highest BCUT2D eigenvalue weighted by atomic mass is 28.4. The lowest BCUT2D eigenvalue weighted by molar-refractivity contribution is 0.111. The summed E-state index contributed by atoms with van der Waals surface area (Å²) < 4.78 is 7.05. The summed E-state index contributed by atoms with van der Waals surface area (Å²) in [5.41, 5.74) is 0. The van der Waals surface area contributed by atoms with Crippen LogP contribution in [0.3, 0.4) is 0 Å². The second-order valence-electron chi connectivity index (χ2n) is 7.98. The van der Waals surface area contributed by atoms with Gasteiger partial charge >= 0.3 is 0 Å². The van der Waals surface area contributed by atoms with E-state index in [4.69, 9.17) is 4.43 Å². The van der Waals surface area contributed by atoms with E-state index in [1.54, 1.807) is 0 Å². The molecule has 0 radical (unpaired) electrons. The van der Waals surface area contributed by atoms with Crippen LogP contribution in [0.4, 0.5) is 0 Å². The van der Waals surface area contributed by atoms with Crippen molar-refractivity contribution in [3.05, 3.63) is 73.3 Å². The molecule has 0 aliphatic carbocycles. The van der Waals surface area contributed by atoms with Crippen molar-refractivity contribution in [3.63, 3.8) is 0 Å². The Hall–Kier alpha value is -1.72. The zero-order valence-corrected chi connectivity index (χ0v) is 18.0. The molecule has 0 aliphatic heterocycles. The Balaban J connectivity index is 2.66. The topological polar surface area (TPSA) is 41.5 Å². The molecule has 146 valence electrons. The summed E-state index contributed by atoms with van der Waals surface area (Å²) in [4.78, 5) is 0. The van der Waals surface area contributed by atoms with Crippen molar-refractivity contribution in [2.24, 2.45) is 5.92 Å². The van der Waals surface area contributed by atoms with Crippen LogP contribution in [0.2, 0.25) is 5.04 Å². The van der Waals surface area contributed by atoms with Gasteiger partial charge in [0.15, 0.2) is 0 Å². The molecular weight excluding hydrogens is 350 g/mol. The van der Waals surface area contributed by atoms with E-state index in [1.807, 2.05) is 25.3 Å². The first-order chi connectivity index (χ1) is 12.9. The Morgan fingerprint density at radius 2 is 1.52 bits per heavy atom. The van der Waals surface area contributed by atoms with E-state index in [2.05, 4.69) is 81.2 Å². The molecule has 0 unspecified atom stereocenters. The Morgan fingerprint density at radius 1 is 1.04 bits per heavy atom. The van der Waals surface area contributed by atoms with Crippen LogP contribution in [0.5, 0.6) is 0 Å². The summed E-state index contributed by atoms with van der Waals surface area (Å²) in [7, 11) is -0.757. The molecule has 0 aromatic heterocycles. The van der Waals surface area contributed by atoms with E-state index in [1.165, 1.54) is 10.4 Å². The number of hydrogen-bond acceptors (Lipinski definition) is 3. The Bertz CT molecular complexity index is 658. The van der Waals surface area contributed by atoms with Gasteiger partial charge in [-0.25, -0.2) is 0 Å². The van der Waals surface area contributed by atoms with Gasteiger partial charge in [0, 0.05) is 19.1 Å². The van der Waals surface area contributed by atoms with E-state index in [-0.39, 0.29) is 23.7 Å². The number of nitrogens with one attached hydrogen (secondary N) is 1. The molecule has 0 saturated heterocycles. The fourth-order valence-electron chi connectivity index (χ4n) is 3.78. The number of hydrogen-bond donors (Lipinski definition) is 2. The van der Waals surface area contributed by atoms with Gasteiger partial charge < -0.3 is 14.8 Å². The van der Waals surface area contributed by atoms with Crippen LogP contribution in [0.15, 0.2) is 73.3 Å². The molecule has 3 nitrogen and oxygen atoms in total. The summed E-state index contributed by atoms with van der Waals surface area (Å²) in [6.07, 6.45) is 1.60. The van der Waals surface area contributed by atoms with Crippen LogP contribution < -0.4 is 15.7 Å². The summed E-state index contributed by atoms with van der Waals surface area (Å²) in [6.45, 7) is 11.5. The number of aliphatic hydroxyl groups is 1. The zero-order valence-electron chi connectivity index (χ0n) is 17.0. The Labute approximate surface area is 165 Å².